The molecule has 0 saturated carbocycles. The first-order chi connectivity index (χ1) is 14.0. The molecule has 0 fully saturated rings. The van der Waals surface area contributed by atoms with Gasteiger partial charge in [-0.3, -0.25) is 4.79 Å². The van der Waals surface area contributed by atoms with Gasteiger partial charge in [0.1, 0.15) is 0 Å². The molecule has 0 bridgehead atoms. The zero-order valence-corrected chi connectivity index (χ0v) is 16.8. The Morgan fingerprint density at radius 2 is 1.66 bits per heavy atom. The number of halogens is 1. The molecule has 1 N–H and O–H groups in total. The number of anilines is 1. The lowest BCUT2D eigenvalue weighted by molar-refractivity contribution is 0.101. The second kappa shape index (κ2) is 7.89. The van der Waals surface area contributed by atoms with Crippen LogP contribution in [-0.2, 0) is 0 Å². The third-order valence-electron chi connectivity index (χ3n) is 4.68. The van der Waals surface area contributed by atoms with Crippen LogP contribution in [-0.4, -0.2) is 20.7 Å². The van der Waals surface area contributed by atoms with E-state index >= 15 is 0 Å². The summed E-state index contributed by atoms with van der Waals surface area (Å²) in [5, 5.41) is 7.99. The highest BCUT2D eigenvalue weighted by atomic mass is 35.5. The lowest BCUT2D eigenvalue weighted by atomic mass is 10.1. The Labute approximate surface area is 174 Å². The van der Waals surface area contributed by atoms with E-state index in [1.54, 1.807) is 16.8 Å². The molecule has 0 aliphatic carbocycles. The monoisotopic (exact) mass is 402 g/mol. The van der Waals surface area contributed by atoms with Gasteiger partial charge >= 0.3 is 0 Å². The minimum Gasteiger partial charge on any atom is -0.319 e. The summed E-state index contributed by atoms with van der Waals surface area (Å²) >= 11 is 6.02. The predicted molar refractivity (Wildman–Crippen MR) is 116 cm³/mol. The summed E-state index contributed by atoms with van der Waals surface area (Å²) in [5.41, 5.74) is 4.61. The van der Waals surface area contributed by atoms with E-state index in [-0.39, 0.29) is 11.7 Å². The lowest BCUT2D eigenvalue weighted by Gasteiger charge is -2.06. The summed E-state index contributed by atoms with van der Waals surface area (Å²) in [6.45, 7) is 4.04. The van der Waals surface area contributed by atoms with Crippen molar-refractivity contribution < 1.29 is 4.79 Å². The first-order valence-electron chi connectivity index (χ1n) is 9.18. The molecule has 0 aliphatic heterocycles. The third kappa shape index (κ3) is 4.05. The number of carbonyl (C=O) groups excluding carboxylic acids is 1. The second-order valence-electron chi connectivity index (χ2n) is 6.77. The topological polar surface area (TPSA) is 59.8 Å². The first kappa shape index (κ1) is 18.9. The fourth-order valence-corrected chi connectivity index (χ4v) is 3.08. The third-order valence-corrected chi connectivity index (χ3v) is 4.93. The summed E-state index contributed by atoms with van der Waals surface area (Å²) in [6, 6.07) is 22.7. The van der Waals surface area contributed by atoms with Crippen molar-refractivity contribution in [3.8, 4) is 17.1 Å². The highest BCUT2D eigenvalue weighted by Gasteiger charge is 2.19. The first-order valence-corrected chi connectivity index (χ1v) is 9.56. The van der Waals surface area contributed by atoms with Crippen LogP contribution in [0.3, 0.4) is 0 Å². The molecule has 0 spiro atoms. The number of aryl methyl sites for hydroxylation is 2. The van der Waals surface area contributed by atoms with E-state index in [0.29, 0.717) is 16.5 Å². The van der Waals surface area contributed by atoms with Gasteiger partial charge in [-0.15, -0.1) is 5.10 Å². The summed E-state index contributed by atoms with van der Waals surface area (Å²) in [4.78, 5) is 17.3. The molecule has 4 rings (SSSR count). The molecule has 4 aromatic rings. The smallest absolute Gasteiger partial charge is 0.295 e. The molecule has 1 heterocycles. The standard InChI is InChI=1S/C23H19ClN4O/c1-15-8-13-19(14-16(15)2)25-23(29)21-26-22(17-9-11-18(24)12-10-17)28(27-21)20-6-4-3-5-7-20/h3-14H,1-2H3,(H,25,29). The second-order valence-corrected chi connectivity index (χ2v) is 7.20. The largest absolute Gasteiger partial charge is 0.319 e. The van der Waals surface area contributed by atoms with Gasteiger partial charge in [-0.05, 0) is 73.5 Å². The van der Waals surface area contributed by atoms with Gasteiger partial charge in [-0.1, -0.05) is 35.9 Å². The van der Waals surface area contributed by atoms with Crippen LogP contribution in [0, 0.1) is 13.8 Å². The van der Waals surface area contributed by atoms with Crippen LogP contribution in [0.4, 0.5) is 5.69 Å². The maximum Gasteiger partial charge on any atom is 0.295 e. The van der Waals surface area contributed by atoms with E-state index in [9.17, 15) is 4.79 Å². The zero-order valence-electron chi connectivity index (χ0n) is 16.1. The molecule has 144 valence electrons. The number of carbonyl (C=O) groups is 1. The van der Waals surface area contributed by atoms with Crippen molar-refractivity contribution in [3.63, 3.8) is 0 Å². The quantitative estimate of drug-likeness (QED) is 0.493. The van der Waals surface area contributed by atoms with Crippen LogP contribution in [0.2, 0.25) is 5.02 Å². The van der Waals surface area contributed by atoms with E-state index in [1.807, 2.05) is 74.5 Å². The van der Waals surface area contributed by atoms with Crippen LogP contribution in [0.5, 0.6) is 0 Å². The van der Waals surface area contributed by atoms with Crippen LogP contribution in [0.15, 0.2) is 72.8 Å². The van der Waals surface area contributed by atoms with Crippen LogP contribution in [0.1, 0.15) is 21.7 Å². The Kier molecular flexibility index (Phi) is 5.14. The number of para-hydroxylation sites is 1. The van der Waals surface area contributed by atoms with Crippen molar-refractivity contribution in [2.45, 2.75) is 13.8 Å². The number of hydrogen-bond acceptors (Lipinski definition) is 3. The normalized spacial score (nSPS) is 10.7. The molecule has 0 unspecified atom stereocenters. The number of benzene rings is 3. The zero-order chi connectivity index (χ0) is 20.4. The summed E-state index contributed by atoms with van der Waals surface area (Å²) < 4.78 is 1.67. The summed E-state index contributed by atoms with van der Waals surface area (Å²) in [7, 11) is 0. The van der Waals surface area contributed by atoms with E-state index in [1.165, 1.54) is 5.56 Å². The van der Waals surface area contributed by atoms with Crippen molar-refractivity contribution in [3.05, 3.63) is 94.8 Å². The Bertz CT molecular complexity index is 1170. The minimum atomic E-state index is -0.363. The van der Waals surface area contributed by atoms with Crippen molar-refractivity contribution in [1.82, 2.24) is 14.8 Å². The van der Waals surface area contributed by atoms with Gasteiger partial charge in [0.2, 0.25) is 5.82 Å². The maximum absolute atomic E-state index is 12.8. The number of nitrogens with one attached hydrogen (secondary N) is 1. The van der Waals surface area contributed by atoms with E-state index < -0.39 is 0 Å². The molecule has 3 aromatic carbocycles. The molecule has 0 aliphatic rings. The van der Waals surface area contributed by atoms with Crippen LogP contribution >= 0.6 is 11.6 Å². The number of rotatable bonds is 4. The molecular formula is C23H19ClN4O. The van der Waals surface area contributed by atoms with Gasteiger partial charge in [0.25, 0.3) is 5.91 Å². The SMILES string of the molecule is Cc1ccc(NC(=O)c2nc(-c3ccc(Cl)cc3)n(-c3ccccc3)n2)cc1C. The molecular weight excluding hydrogens is 384 g/mol. The molecule has 0 saturated heterocycles. The Morgan fingerprint density at radius 3 is 2.34 bits per heavy atom. The Hall–Kier alpha value is -3.44. The Balaban J connectivity index is 1.73. The van der Waals surface area contributed by atoms with Crippen molar-refractivity contribution >= 4 is 23.2 Å². The highest BCUT2D eigenvalue weighted by molar-refractivity contribution is 6.30. The molecule has 6 heteroatoms. The van der Waals surface area contributed by atoms with Crippen molar-refractivity contribution in [1.29, 1.82) is 0 Å². The molecule has 0 atom stereocenters. The number of aromatic nitrogens is 3. The number of amides is 1. The average Bonchev–Trinajstić information content (AvgIpc) is 3.18. The fraction of sp³-hybridized carbons (Fsp3) is 0.0870. The average molecular weight is 403 g/mol. The number of hydrogen-bond donors (Lipinski definition) is 1. The van der Waals surface area contributed by atoms with E-state index in [0.717, 1.165) is 16.8 Å². The summed E-state index contributed by atoms with van der Waals surface area (Å²) in [6.07, 6.45) is 0. The van der Waals surface area contributed by atoms with Gasteiger partial charge in [-0.25, -0.2) is 9.67 Å². The van der Waals surface area contributed by atoms with Gasteiger partial charge in [0.15, 0.2) is 5.82 Å². The van der Waals surface area contributed by atoms with Gasteiger partial charge in [-0.2, -0.15) is 0 Å². The van der Waals surface area contributed by atoms with Gasteiger partial charge in [0, 0.05) is 16.3 Å². The summed E-state index contributed by atoms with van der Waals surface area (Å²) in [5.74, 6) is 0.299. The van der Waals surface area contributed by atoms with Crippen molar-refractivity contribution in [2.24, 2.45) is 0 Å². The van der Waals surface area contributed by atoms with Crippen molar-refractivity contribution in [2.75, 3.05) is 5.32 Å². The van der Waals surface area contributed by atoms with Crippen LogP contribution < -0.4 is 5.32 Å². The van der Waals surface area contributed by atoms with Gasteiger partial charge in [0.05, 0.1) is 5.69 Å². The fourth-order valence-electron chi connectivity index (χ4n) is 2.95. The predicted octanol–water partition coefficient (Wildman–Crippen LogP) is 5.46. The van der Waals surface area contributed by atoms with E-state index in [2.05, 4.69) is 15.4 Å². The Morgan fingerprint density at radius 1 is 0.931 bits per heavy atom. The molecule has 29 heavy (non-hydrogen) atoms. The molecule has 1 aromatic heterocycles. The molecule has 1 amide bonds. The lowest BCUT2D eigenvalue weighted by Crippen LogP contribution is -2.14. The molecule has 5 nitrogen and oxygen atoms in total. The van der Waals surface area contributed by atoms with E-state index in [4.69, 9.17) is 11.6 Å². The highest BCUT2D eigenvalue weighted by Crippen LogP contribution is 2.23. The van der Waals surface area contributed by atoms with Crippen LogP contribution in [0.25, 0.3) is 17.1 Å². The number of nitrogens with zero attached hydrogens (tertiary/aromatic N) is 3. The maximum atomic E-state index is 12.8. The molecule has 0 radical (unpaired) electrons. The van der Waals surface area contributed by atoms with Gasteiger partial charge < -0.3 is 5.32 Å². The minimum absolute atomic E-state index is 0.0945.